The zero-order chi connectivity index (χ0) is 23.8. The van der Waals surface area contributed by atoms with E-state index in [0.717, 1.165) is 44.6 Å². The average molecular weight is 460 g/mol. The minimum atomic E-state index is -0.371. The molecule has 178 valence electrons. The number of hydrogen-bond acceptors (Lipinski definition) is 4. The minimum Gasteiger partial charge on any atom is -0.410 e. The predicted molar refractivity (Wildman–Crippen MR) is 135 cm³/mol. The minimum absolute atomic E-state index is 0.192. The molecule has 0 spiro atoms. The van der Waals surface area contributed by atoms with E-state index in [-0.39, 0.29) is 18.0 Å². The Labute approximate surface area is 202 Å². The van der Waals surface area contributed by atoms with E-state index < -0.39 is 0 Å². The van der Waals surface area contributed by atoms with Crippen molar-refractivity contribution in [1.82, 2.24) is 9.80 Å². The second-order valence-electron chi connectivity index (χ2n) is 8.70. The highest BCUT2D eigenvalue weighted by Crippen LogP contribution is 2.25. The molecule has 0 aliphatic carbocycles. The predicted octanol–water partition coefficient (Wildman–Crippen LogP) is 5.24. The van der Waals surface area contributed by atoms with Crippen LogP contribution in [0.3, 0.4) is 0 Å². The first-order valence-corrected chi connectivity index (χ1v) is 12.1. The first-order chi connectivity index (χ1) is 16.6. The molecule has 6 heteroatoms. The fourth-order valence-corrected chi connectivity index (χ4v) is 4.50. The molecule has 0 bridgehead atoms. The van der Waals surface area contributed by atoms with E-state index in [1.54, 1.807) is 23.2 Å². The molecule has 0 atom stereocenters. The number of ether oxygens (including phenoxy) is 1. The highest BCUT2D eigenvalue weighted by molar-refractivity contribution is 5.93. The van der Waals surface area contributed by atoms with Crippen LogP contribution in [-0.2, 0) is 4.79 Å². The number of para-hydroxylation sites is 2. The second kappa shape index (κ2) is 11.7. The fourth-order valence-electron chi connectivity index (χ4n) is 4.50. The quantitative estimate of drug-likeness (QED) is 0.568. The molecule has 0 saturated carbocycles. The van der Waals surface area contributed by atoms with Gasteiger partial charge in [-0.15, -0.1) is 0 Å². The summed E-state index contributed by atoms with van der Waals surface area (Å²) in [7, 11) is 0. The Kier molecular flexibility index (Phi) is 8.15. The van der Waals surface area contributed by atoms with Crippen molar-refractivity contribution >= 4 is 17.7 Å². The molecular weight excluding hydrogens is 426 g/mol. The Morgan fingerprint density at radius 2 is 1.68 bits per heavy atom. The number of rotatable bonds is 7. The molecule has 4 rings (SSSR count). The van der Waals surface area contributed by atoms with Gasteiger partial charge in [0.25, 0.3) is 0 Å². The summed E-state index contributed by atoms with van der Waals surface area (Å²) in [6.45, 7) is 5.39. The smallest absolute Gasteiger partial charge is 0.410 e. The summed E-state index contributed by atoms with van der Waals surface area (Å²) in [5, 5.41) is 0. The van der Waals surface area contributed by atoms with E-state index in [4.69, 9.17) is 4.74 Å². The normalized spacial score (nSPS) is 16.7. The molecule has 2 amide bonds. The van der Waals surface area contributed by atoms with Crippen molar-refractivity contribution in [1.29, 1.82) is 0 Å². The van der Waals surface area contributed by atoms with Crippen LogP contribution in [0.15, 0.2) is 84.6 Å². The van der Waals surface area contributed by atoms with Gasteiger partial charge in [0.15, 0.2) is 0 Å². The molecule has 6 nitrogen and oxygen atoms in total. The van der Waals surface area contributed by atoms with Gasteiger partial charge in [-0.1, -0.05) is 49.4 Å². The van der Waals surface area contributed by atoms with E-state index in [1.165, 1.54) is 5.57 Å². The Hall–Kier alpha value is -3.38. The van der Waals surface area contributed by atoms with E-state index in [2.05, 4.69) is 11.0 Å². The molecule has 2 aliphatic heterocycles. The molecule has 2 heterocycles. The third-order valence-corrected chi connectivity index (χ3v) is 6.45. The van der Waals surface area contributed by atoms with Crippen molar-refractivity contribution in [2.45, 2.75) is 38.6 Å². The third-order valence-electron chi connectivity index (χ3n) is 6.45. The van der Waals surface area contributed by atoms with E-state index >= 15 is 0 Å². The number of hydrogen-bond donors (Lipinski definition) is 0. The highest BCUT2D eigenvalue weighted by Gasteiger charge is 2.28. The number of piperidine rings is 1. The molecule has 1 saturated heterocycles. The highest BCUT2D eigenvalue weighted by atomic mass is 16.6. The van der Waals surface area contributed by atoms with Gasteiger partial charge in [-0.2, -0.15) is 0 Å². The maximum absolute atomic E-state index is 12.7. The number of allylic oxidation sites excluding steroid dienone is 1. The van der Waals surface area contributed by atoms with Crippen molar-refractivity contribution in [2.24, 2.45) is 0 Å². The van der Waals surface area contributed by atoms with Crippen LogP contribution in [0.4, 0.5) is 10.5 Å². The molecular formula is C28H33N3O3. The van der Waals surface area contributed by atoms with Crippen LogP contribution < -0.4 is 9.64 Å². The SMILES string of the molecule is CCC(=O)N(c1ccccc1)C1CCN(CCC2=CCN(C(=O)Oc3ccccc3)C=C2)CC1. The van der Waals surface area contributed by atoms with Crippen LogP contribution in [0.5, 0.6) is 5.75 Å². The van der Waals surface area contributed by atoms with Crippen LogP contribution in [0, 0.1) is 0 Å². The van der Waals surface area contributed by atoms with E-state index in [1.807, 2.05) is 66.4 Å². The number of benzene rings is 2. The topological polar surface area (TPSA) is 53.1 Å². The van der Waals surface area contributed by atoms with Crippen LogP contribution in [0.25, 0.3) is 0 Å². The van der Waals surface area contributed by atoms with E-state index in [0.29, 0.717) is 18.7 Å². The maximum atomic E-state index is 12.7. The number of carbonyl (C=O) groups excluding carboxylic acids is 2. The van der Waals surface area contributed by atoms with Gasteiger partial charge >= 0.3 is 6.09 Å². The van der Waals surface area contributed by atoms with Crippen molar-refractivity contribution in [3.63, 3.8) is 0 Å². The molecule has 0 radical (unpaired) electrons. The van der Waals surface area contributed by atoms with Gasteiger partial charge in [0.1, 0.15) is 5.75 Å². The van der Waals surface area contributed by atoms with Crippen molar-refractivity contribution in [3.8, 4) is 5.75 Å². The number of amides is 2. The summed E-state index contributed by atoms with van der Waals surface area (Å²) < 4.78 is 5.40. The summed E-state index contributed by atoms with van der Waals surface area (Å²) in [6.07, 6.45) is 8.95. The molecule has 34 heavy (non-hydrogen) atoms. The summed E-state index contributed by atoms with van der Waals surface area (Å²) in [4.78, 5) is 31.0. The van der Waals surface area contributed by atoms with Gasteiger partial charge in [-0.3, -0.25) is 9.69 Å². The number of carbonyl (C=O) groups is 2. The van der Waals surface area contributed by atoms with Crippen molar-refractivity contribution in [3.05, 3.63) is 84.6 Å². The monoisotopic (exact) mass is 459 g/mol. The Balaban J connectivity index is 1.23. The average Bonchev–Trinajstić information content (AvgIpc) is 2.89. The Bertz CT molecular complexity index is 1010. The van der Waals surface area contributed by atoms with Crippen LogP contribution in [-0.4, -0.2) is 54.0 Å². The zero-order valence-electron chi connectivity index (χ0n) is 19.8. The number of nitrogens with zero attached hydrogens (tertiary/aromatic N) is 3. The first kappa shape index (κ1) is 23.8. The Morgan fingerprint density at radius 3 is 2.29 bits per heavy atom. The molecule has 1 fully saturated rings. The van der Waals surface area contributed by atoms with Gasteiger partial charge in [0, 0.05) is 50.5 Å². The lowest BCUT2D eigenvalue weighted by Gasteiger charge is -2.38. The summed E-state index contributed by atoms with van der Waals surface area (Å²) in [6, 6.07) is 19.4. The maximum Gasteiger partial charge on any atom is 0.419 e. The van der Waals surface area contributed by atoms with Crippen molar-refractivity contribution < 1.29 is 14.3 Å². The van der Waals surface area contributed by atoms with Gasteiger partial charge in [0.2, 0.25) is 5.91 Å². The lowest BCUT2D eigenvalue weighted by atomic mass is 10.0. The fraction of sp³-hybridized carbons (Fsp3) is 0.357. The molecule has 2 aromatic carbocycles. The van der Waals surface area contributed by atoms with Gasteiger partial charge in [0.05, 0.1) is 0 Å². The lowest BCUT2D eigenvalue weighted by Crippen LogP contribution is -2.47. The van der Waals surface area contributed by atoms with Crippen LogP contribution in [0.1, 0.15) is 32.6 Å². The number of likely N-dealkylation sites (tertiary alicyclic amines) is 1. The molecule has 0 unspecified atom stereocenters. The third kappa shape index (κ3) is 6.14. The largest absolute Gasteiger partial charge is 0.419 e. The second-order valence-corrected chi connectivity index (χ2v) is 8.70. The summed E-state index contributed by atoms with van der Waals surface area (Å²) in [5.74, 6) is 0.739. The Morgan fingerprint density at radius 1 is 1.00 bits per heavy atom. The molecule has 2 aliphatic rings. The van der Waals surface area contributed by atoms with Crippen LogP contribution >= 0.6 is 0 Å². The molecule has 2 aromatic rings. The van der Waals surface area contributed by atoms with E-state index in [9.17, 15) is 9.59 Å². The first-order valence-electron chi connectivity index (χ1n) is 12.1. The lowest BCUT2D eigenvalue weighted by molar-refractivity contribution is -0.119. The van der Waals surface area contributed by atoms with Crippen LogP contribution in [0.2, 0.25) is 0 Å². The molecule has 0 N–H and O–H groups in total. The zero-order valence-corrected chi connectivity index (χ0v) is 19.8. The van der Waals surface area contributed by atoms with Gasteiger partial charge in [-0.05, 0) is 55.2 Å². The summed E-state index contributed by atoms with van der Waals surface area (Å²) in [5.41, 5.74) is 2.23. The van der Waals surface area contributed by atoms with Gasteiger partial charge < -0.3 is 14.5 Å². The van der Waals surface area contributed by atoms with Crippen molar-refractivity contribution in [2.75, 3.05) is 31.1 Å². The van der Waals surface area contributed by atoms with Gasteiger partial charge in [-0.25, -0.2) is 4.79 Å². The number of anilines is 1. The standard InChI is InChI=1S/C28H33N3O3/c1-2-27(32)31(24-9-5-3-6-10-24)25-16-19-29(20-17-25)18-13-23-14-21-30(22-15-23)28(33)34-26-11-7-4-8-12-26/h3-12,14-15,21,25H,2,13,16-20,22H2,1H3. The summed E-state index contributed by atoms with van der Waals surface area (Å²) >= 11 is 0. The molecule has 0 aromatic heterocycles.